The van der Waals surface area contributed by atoms with Crippen LogP contribution >= 0.6 is 11.6 Å². The fourth-order valence-electron chi connectivity index (χ4n) is 2.61. The fraction of sp³-hybridized carbons (Fsp3) is 0.167. The van der Waals surface area contributed by atoms with Crippen molar-refractivity contribution in [2.45, 2.75) is 18.4 Å². The number of para-hydroxylation sites is 1. The number of rotatable bonds is 4. The zero-order chi connectivity index (χ0) is 18.2. The van der Waals surface area contributed by atoms with Crippen LogP contribution in [0.4, 0.5) is 0 Å². The normalized spacial score (nSPS) is 11.8. The minimum absolute atomic E-state index is 0.0701. The Hall–Kier alpha value is -2.15. The minimum atomic E-state index is -3.76. The Bertz CT molecular complexity index is 1120. The highest BCUT2D eigenvalue weighted by atomic mass is 35.5. The summed E-state index contributed by atoms with van der Waals surface area (Å²) in [6.45, 7) is 1.70. The molecule has 0 bridgehead atoms. The third kappa shape index (κ3) is 3.46. The highest BCUT2D eigenvalue weighted by Gasteiger charge is 2.16. The number of hydrogen-bond acceptors (Lipinski definition) is 3. The summed E-state index contributed by atoms with van der Waals surface area (Å²) in [4.78, 5) is 12.5. The molecule has 2 aromatic carbocycles. The molecule has 1 N–H and O–H groups in total. The molecule has 0 aliphatic rings. The molecule has 0 spiro atoms. The van der Waals surface area contributed by atoms with E-state index in [0.29, 0.717) is 10.6 Å². The van der Waals surface area contributed by atoms with E-state index in [4.69, 9.17) is 11.6 Å². The Balaban J connectivity index is 1.93. The standard InChI is InChI=1S/C18H17ClN2O3S/c1-12-7-8-15(10-16(12)19)25(23,24)20-11-14-9-13-5-3-4-6-17(13)21(2)18(14)22/h3-10,20H,11H2,1-2H3. The second kappa shape index (κ2) is 6.63. The number of hydrogen-bond donors (Lipinski definition) is 1. The van der Waals surface area contributed by atoms with E-state index >= 15 is 0 Å². The first-order valence-corrected chi connectivity index (χ1v) is 9.49. The number of fused-ring (bicyclic) bond motifs is 1. The van der Waals surface area contributed by atoms with Crippen LogP contribution in [-0.4, -0.2) is 13.0 Å². The third-order valence-electron chi connectivity index (χ3n) is 4.11. The smallest absolute Gasteiger partial charge is 0.255 e. The molecule has 0 amide bonds. The van der Waals surface area contributed by atoms with Gasteiger partial charge < -0.3 is 4.57 Å². The summed E-state index contributed by atoms with van der Waals surface area (Å²) in [5.74, 6) is 0. The molecule has 3 aromatic rings. The topological polar surface area (TPSA) is 68.2 Å². The summed E-state index contributed by atoms with van der Waals surface area (Å²) in [5, 5.41) is 1.25. The van der Waals surface area contributed by atoms with Crippen molar-refractivity contribution >= 4 is 32.5 Å². The van der Waals surface area contributed by atoms with Crippen LogP contribution in [0.3, 0.4) is 0 Å². The summed E-state index contributed by atoms with van der Waals surface area (Å²) in [5.41, 5.74) is 1.74. The van der Waals surface area contributed by atoms with Crippen molar-refractivity contribution in [3.05, 3.63) is 75.0 Å². The van der Waals surface area contributed by atoms with Crippen molar-refractivity contribution in [1.29, 1.82) is 0 Å². The van der Waals surface area contributed by atoms with Crippen LogP contribution < -0.4 is 10.3 Å². The van der Waals surface area contributed by atoms with E-state index in [-0.39, 0.29) is 17.0 Å². The van der Waals surface area contributed by atoms with E-state index in [2.05, 4.69) is 4.72 Å². The summed E-state index contributed by atoms with van der Waals surface area (Å²) in [6.07, 6.45) is 0. The molecule has 1 heterocycles. The average molecular weight is 377 g/mol. The first-order valence-electron chi connectivity index (χ1n) is 7.63. The lowest BCUT2D eigenvalue weighted by Crippen LogP contribution is -2.29. The maximum Gasteiger partial charge on any atom is 0.255 e. The fourth-order valence-corrected chi connectivity index (χ4v) is 3.89. The van der Waals surface area contributed by atoms with E-state index in [9.17, 15) is 13.2 Å². The second-order valence-corrected chi connectivity index (χ2v) is 8.00. The van der Waals surface area contributed by atoms with Gasteiger partial charge in [0.25, 0.3) is 5.56 Å². The van der Waals surface area contributed by atoms with Crippen LogP contribution in [-0.2, 0) is 23.6 Å². The lowest BCUT2D eigenvalue weighted by molar-refractivity contribution is 0.581. The van der Waals surface area contributed by atoms with Gasteiger partial charge in [-0.15, -0.1) is 0 Å². The maximum atomic E-state index is 12.5. The molecule has 25 heavy (non-hydrogen) atoms. The lowest BCUT2D eigenvalue weighted by Gasteiger charge is -2.11. The predicted molar refractivity (Wildman–Crippen MR) is 99.4 cm³/mol. The Morgan fingerprint density at radius 1 is 1.12 bits per heavy atom. The van der Waals surface area contributed by atoms with Gasteiger partial charge in [-0.05, 0) is 42.1 Å². The summed E-state index contributed by atoms with van der Waals surface area (Å²) in [6, 6.07) is 13.7. The number of aryl methyl sites for hydroxylation is 2. The van der Waals surface area contributed by atoms with Crippen LogP contribution in [0.15, 0.2) is 58.2 Å². The van der Waals surface area contributed by atoms with E-state index in [1.165, 1.54) is 16.7 Å². The van der Waals surface area contributed by atoms with Crippen LogP contribution in [0.25, 0.3) is 10.9 Å². The summed E-state index contributed by atoms with van der Waals surface area (Å²) < 4.78 is 28.9. The maximum absolute atomic E-state index is 12.5. The molecule has 1 aromatic heterocycles. The number of benzene rings is 2. The van der Waals surface area contributed by atoms with Gasteiger partial charge in [0, 0.05) is 24.2 Å². The molecule has 0 atom stereocenters. The van der Waals surface area contributed by atoms with E-state index in [1.807, 2.05) is 24.3 Å². The molecule has 0 saturated carbocycles. The van der Waals surface area contributed by atoms with Gasteiger partial charge in [-0.2, -0.15) is 0 Å². The highest BCUT2D eigenvalue weighted by Crippen LogP contribution is 2.20. The third-order valence-corrected chi connectivity index (χ3v) is 5.92. The van der Waals surface area contributed by atoms with Crippen LogP contribution in [0, 0.1) is 6.92 Å². The van der Waals surface area contributed by atoms with Crippen molar-refractivity contribution in [3.8, 4) is 0 Å². The number of nitrogens with zero attached hydrogens (tertiary/aromatic N) is 1. The first-order chi connectivity index (χ1) is 11.8. The van der Waals surface area contributed by atoms with Crippen molar-refractivity contribution in [2.24, 2.45) is 7.05 Å². The Labute approximate surface area is 150 Å². The summed E-state index contributed by atoms with van der Waals surface area (Å²) in [7, 11) is -2.09. The van der Waals surface area contributed by atoms with Crippen molar-refractivity contribution in [2.75, 3.05) is 0 Å². The molecule has 3 rings (SSSR count). The molecule has 0 unspecified atom stereocenters. The Morgan fingerprint density at radius 3 is 2.56 bits per heavy atom. The van der Waals surface area contributed by atoms with Crippen molar-refractivity contribution in [1.82, 2.24) is 9.29 Å². The van der Waals surface area contributed by atoms with Gasteiger partial charge in [0.15, 0.2) is 0 Å². The monoisotopic (exact) mass is 376 g/mol. The van der Waals surface area contributed by atoms with Gasteiger partial charge in [-0.25, -0.2) is 13.1 Å². The zero-order valence-corrected chi connectivity index (χ0v) is 15.4. The lowest BCUT2D eigenvalue weighted by atomic mass is 10.1. The van der Waals surface area contributed by atoms with Crippen molar-refractivity contribution in [3.63, 3.8) is 0 Å². The molecule has 0 saturated heterocycles. The van der Waals surface area contributed by atoms with Gasteiger partial charge in [-0.1, -0.05) is 35.9 Å². The van der Waals surface area contributed by atoms with Gasteiger partial charge in [0.05, 0.1) is 10.4 Å². The van der Waals surface area contributed by atoms with E-state index in [0.717, 1.165) is 16.5 Å². The van der Waals surface area contributed by atoms with Crippen molar-refractivity contribution < 1.29 is 8.42 Å². The first kappa shape index (κ1) is 17.7. The largest absolute Gasteiger partial charge is 0.311 e. The molecule has 5 nitrogen and oxygen atoms in total. The minimum Gasteiger partial charge on any atom is -0.311 e. The Morgan fingerprint density at radius 2 is 1.84 bits per heavy atom. The molecular formula is C18H17ClN2O3S. The number of nitrogens with one attached hydrogen (secondary N) is 1. The van der Waals surface area contributed by atoms with Crippen LogP contribution in [0.2, 0.25) is 5.02 Å². The number of sulfonamides is 1. The molecule has 0 aliphatic carbocycles. The van der Waals surface area contributed by atoms with Gasteiger partial charge in [0.1, 0.15) is 0 Å². The zero-order valence-electron chi connectivity index (χ0n) is 13.8. The molecular weight excluding hydrogens is 360 g/mol. The van der Waals surface area contributed by atoms with E-state index in [1.54, 1.807) is 26.1 Å². The van der Waals surface area contributed by atoms with E-state index < -0.39 is 10.0 Å². The SMILES string of the molecule is Cc1ccc(S(=O)(=O)NCc2cc3ccccc3n(C)c2=O)cc1Cl. The second-order valence-electron chi connectivity index (χ2n) is 5.83. The number of aromatic nitrogens is 1. The Kier molecular flexibility index (Phi) is 4.69. The number of pyridine rings is 1. The molecule has 0 radical (unpaired) electrons. The molecule has 0 fully saturated rings. The van der Waals surface area contributed by atoms with Crippen LogP contribution in [0.5, 0.6) is 0 Å². The molecule has 7 heteroatoms. The molecule has 130 valence electrons. The quantitative estimate of drug-likeness (QED) is 0.761. The van der Waals surface area contributed by atoms with Gasteiger partial charge in [-0.3, -0.25) is 4.79 Å². The van der Waals surface area contributed by atoms with Crippen LogP contribution in [0.1, 0.15) is 11.1 Å². The predicted octanol–water partition coefficient (Wildman–Crippen LogP) is 2.98. The van der Waals surface area contributed by atoms with Gasteiger partial charge >= 0.3 is 0 Å². The average Bonchev–Trinajstić information content (AvgIpc) is 2.59. The number of halogens is 1. The molecule has 0 aliphatic heterocycles. The van der Waals surface area contributed by atoms with Gasteiger partial charge in [0.2, 0.25) is 10.0 Å². The highest BCUT2D eigenvalue weighted by molar-refractivity contribution is 7.89. The summed E-state index contributed by atoms with van der Waals surface area (Å²) >= 11 is 6.00.